The molecule has 144 valence electrons. The maximum Gasteiger partial charge on any atom is 0.191 e. The summed E-state index contributed by atoms with van der Waals surface area (Å²) in [4.78, 5) is 13.0. The molecule has 0 saturated carbocycles. The van der Waals surface area contributed by atoms with Gasteiger partial charge in [-0.25, -0.2) is 9.37 Å². The van der Waals surface area contributed by atoms with E-state index in [1.54, 1.807) is 19.3 Å². The van der Waals surface area contributed by atoms with E-state index in [1.165, 1.54) is 44.8 Å². The lowest BCUT2D eigenvalue weighted by molar-refractivity contribution is 0.289. The fraction of sp³-hybridized carbons (Fsp3) is 0.684. The molecular formula is C19H31FN6. The predicted molar refractivity (Wildman–Crippen MR) is 104 cm³/mol. The minimum atomic E-state index is -0.256. The van der Waals surface area contributed by atoms with Gasteiger partial charge in [-0.05, 0) is 44.5 Å². The third-order valence-electron chi connectivity index (χ3n) is 5.21. The Morgan fingerprint density at radius 1 is 1.27 bits per heavy atom. The van der Waals surface area contributed by atoms with E-state index in [-0.39, 0.29) is 11.9 Å². The summed E-state index contributed by atoms with van der Waals surface area (Å²) in [6.07, 6.45) is 7.94. The number of likely N-dealkylation sites (tertiary alicyclic amines) is 1. The van der Waals surface area contributed by atoms with E-state index in [0.717, 1.165) is 38.6 Å². The van der Waals surface area contributed by atoms with Crippen molar-refractivity contribution in [2.45, 2.75) is 38.1 Å². The number of hydrogen-bond donors (Lipinski definition) is 2. The lowest BCUT2D eigenvalue weighted by Crippen LogP contribution is -2.46. The summed E-state index contributed by atoms with van der Waals surface area (Å²) in [5, 5.41) is 6.88. The molecule has 3 heterocycles. The maximum absolute atomic E-state index is 13.9. The van der Waals surface area contributed by atoms with Crippen molar-refractivity contribution in [1.82, 2.24) is 20.5 Å². The van der Waals surface area contributed by atoms with E-state index in [4.69, 9.17) is 0 Å². The largest absolute Gasteiger partial charge is 0.355 e. The summed E-state index contributed by atoms with van der Waals surface area (Å²) in [6.45, 7) is 5.90. The Morgan fingerprint density at radius 3 is 2.81 bits per heavy atom. The zero-order valence-corrected chi connectivity index (χ0v) is 15.8. The van der Waals surface area contributed by atoms with Gasteiger partial charge in [0.25, 0.3) is 0 Å². The van der Waals surface area contributed by atoms with Gasteiger partial charge in [-0.15, -0.1) is 0 Å². The first kappa shape index (κ1) is 18.9. The molecule has 0 amide bonds. The summed E-state index contributed by atoms with van der Waals surface area (Å²) in [5.74, 6) is 1.02. The van der Waals surface area contributed by atoms with E-state index in [0.29, 0.717) is 5.82 Å². The molecule has 2 saturated heterocycles. The molecule has 1 aromatic rings. The fourth-order valence-corrected chi connectivity index (χ4v) is 3.76. The van der Waals surface area contributed by atoms with Gasteiger partial charge in [0.15, 0.2) is 17.6 Å². The van der Waals surface area contributed by atoms with Gasteiger partial charge < -0.3 is 20.4 Å². The zero-order chi connectivity index (χ0) is 18.2. The van der Waals surface area contributed by atoms with Crippen molar-refractivity contribution in [2.75, 3.05) is 51.2 Å². The van der Waals surface area contributed by atoms with Crippen molar-refractivity contribution >= 4 is 11.8 Å². The second-order valence-electron chi connectivity index (χ2n) is 7.14. The number of aromatic nitrogens is 1. The highest BCUT2D eigenvalue weighted by atomic mass is 19.1. The molecule has 0 radical (unpaired) electrons. The lowest BCUT2D eigenvalue weighted by Gasteiger charge is -2.22. The number of aliphatic imine (C=N–C) groups is 1. The Labute approximate surface area is 155 Å². The second kappa shape index (κ2) is 9.71. The number of nitrogens with one attached hydrogen (secondary N) is 2. The maximum atomic E-state index is 13.9. The van der Waals surface area contributed by atoms with Crippen molar-refractivity contribution in [3.8, 4) is 0 Å². The van der Waals surface area contributed by atoms with E-state index >= 15 is 0 Å². The first-order valence-electron chi connectivity index (χ1n) is 9.81. The number of halogens is 1. The average molecular weight is 362 g/mol. The van der Waals surface area contributed by atoms with Crippen molar-refractivity contribution < 1.29 is 4.39 Å². The third kappa shape index (κ3) is 5.30. The number of anilines is 1. The molecule has 0 aliphatic carbocycles. The van der Waals surface area contributed by atoms with Gasteiger partial charge in [-0.1, -0.05) is 12.8 Å². The summed E-state index contributed by atoms with van der Waals surface area (Å²) in [5.41, 5.74) is 0. The van der Waals surface area contributed by atoms with Gasteiger partial charge in [-0.2, -0.15) is 0 Å². The summed E-state index contributed by atoms with van der Waals surface area (Å²) in [6, 6.07) is 3.34. The Kier molecular flexibility index (Phi) is 7.05. The highest BCUT2D eigenvalue weighted by molar-refractivity contribution is 5.80. The van der Waals surface area contributed by atoms with Crippen LogP contribution in [0, 0.1) is 5.82 Å². The quantitative estimate of drug-likeness (QED) is 0.618. The molecule has 0 aromatic carbocycles. The summed E-state index contributed by atoms with van der Waals surface area (Å²) < 4.78 is 13.9. The van der Waals surface area contributed by atoms with E-state index in [9.17, 15) is 4.39 Å². The van der Waals surface area contributed by atoms with Crippen LogP contribution >= 0.6 is 0 Å². The molecule has 7 heteroatoms. The molecule has 2 fully saturated rings. The molecule has 1 aromatic heterocycles. The molecule has 2 aliphatic heterocycles. The normalized spacial score (nSPS) is 22.3. The van der Waals surface area contributed by atoms with Gasteiger partial charge in [-0.3, -0.25) is 4.99 Å². The van der Waals surface area contributed by atoms with Crippen LogP contribution in [0.4, 0.5) is 10.2 Å². The predicted octanol–water partition coefficient (Wildman–Crippen LogP) is 1.84. The molecule has 3 rings (SSSR count). The van der Waals surface area contributed by atoms with Crippen LogP contribution in [0.2, 0.25) is 0 Å². The molecule has 0 bridgehead atoms. The standard InChI is InChI=1S/C19H31FN6/c1-21-19(23-10-14-25-11-4-2-3-5-12-25)24-16-8-13-26(15-16)18-17(20)7-6-9-22-18/h6-7,9,16H,2-5,8,10-15H2,1H3,(H2,21,23,24). The van der Waals surface area contributed by atoms with Crippen LogP contribution in [0.25, 0.3) is 0 Å². The summed E-state index contributed by atoms with van der Waals surface area (Å²) >= 11 is 0. The minimum absolute atomic E-state index is 0.251. The second-order valence-corrected chi connectivity index (χ2v) is 7.14. The van der Waals surface area contributed by atoms with Crippen LogP contribution in [0.5, 0.6) is 0 Å². The molecule has 2 aliphatic rings. The van der Waals surface area contributed by atoms with E-state index < -0.39 is 0 Å². The minimum Gasteiger partial charge on any atom is -0.355 e. The van der Waals surface area contributed by atoms with Gasteiger partial charge in [0.1, 0.15) is 0 Å². The molecule has 26 heavy (non-hydrogen) atoms. The van der Waals surface area contributed by atoms with Crippen molar-refractivity contribution in [3.05, 3.63) is 24.1 Å². The van der Waals surface area contributed by atoms with Gasteiger partial charge in [0.05, 0.1) is 0 Å². The molecular weight excluding hydrogens is 331 g/mol. The topological polar surface area (TPSA) is 55.8 Å². The number of rotatable bonds is 5. The van der Waals surface area contributed by atoms with Crippen molar-refractivity contribution in [3.63, 3.8) is 0 Å². The Morgan fingerprint density at radius 2 is 2.08 bits per heavy atom. The van der Waals surface area contributed by atoms with Gasteiger partial charge in [0, 0.05) is 45.5 Å². The molecule has 2 N–H and O–H groups in total. The zero-order valence-electron chi connectivity index (χ0n) is 15.8. The van der Waals surface area contributed by atoms with Crippen LogP contribution < -0.4 is 15.5 Å². The number of nitrogens with zero attached hydrogens (tertiary/aromatic N) is 4. The third-order valence-corrected chi connectivity index (χ3v) is 5.21. The lowest BCUT2D eigenvalue weighted by atomic mass is 10.2. The van der Waals surface area contributed by atoms with Crippen LogP contribution in [0.1, 0.15) is 32.1 Å². The molecule has 6 nitrogen and oxygen atoms in total. The summed E-state index contributed by atoms with van der Waals surface area (Å²) in [7, 11) is 1.80. The van der Waals surface area contributed by atoms with Crippen molar-refractivity contribution in [2.24, 2.45) is 4.99 Å². The SMILES string of the molecule is CN=C(NCCN1CCCCCC1)NC1CCN(c2ncccc2F)C1. The highest BCUT2D eigenvalue weighted by Gasteiger charge is 2.25. The monoisotopic (exact) mass is 362 g/mol. The van der Waals surface area contributed by atoms with Crippen LogP contribution in [-0.2, 0) is 0 Å². The van der Waals surface area contributed by atoms with Crippen LogP contribution in [0.15, 0.2) is 23.3 Å². The van der Waals surface area contributed by atoms with E-state index in [1.807, 2.05) is 4.90 Å². The highest BCUT2D eigenvalue weighted by Crippen LogP contribution is 2.20. The first-order valence-corrected chi connectivity index (χ1v) is 9.81. The Hall–Kier alpha value is -1.89. The van der Waals surface area contributed by atoms with Gasteiger partial charge >= 0.3 is 0 Å². The molecule has 1 unspecified atom stereocenters. The van der Waals surface area contributed by atoms with Crippen molar-refractivity contribution in [1.29, 1.82) is 0 Å². The number of pyridine rings is 1. The molecule has 1 atom stereocenters. The molecule has 0 spiro atoms. The van der Waals surface area contributed by atoms with Gasteiger partial charge in [0.2, 0.25) is 0 Å². The average Bonchev–Trinajstić information content (AvgIpc) is 2.95. The Bertz CT molecular complexity index is 585. The fourth-order valence-electron chi connectivity index (χ4n) is 3.76. The number of guanidine groups is 1. The van der Waals surface area contributed by atoms with Crippen LogP contribution in [0.3, 0.4) is 0 Å². The first-order chi connectivity index (χ1) is 12.8. The van der Waals surface area contributed by atoms with Crippen LogP contribution in [-0.4, -0.2) is 68.2 Å². The Balaban J connectivity index is 1.42. The van der Waals surface area contributed by atoms with E-state index in [2.05, 4.69) is 25.5 Å². The number of hydrogen-bond acceptors (Lipinski definition) is 4. The smallest absolute Gasteiger partial charge is 0.191 e.